The van der Waals surface area contributed by atoms with Crippen LogP contribution in [0.1, 0.15) is 0 Å². The van der Waals surface area contributed by atoms with Crippen LogP contribution in [0.25, 0.3) is 0 Å². The first-order valence-corrected chi connectivity index (χ1v) is 2.91. The van der Waals surface area contributed by atoms with E-state index in [0.717, 1.165) is 0 Å². The highest BCUT2D eigenvalue weighted by atomic mass is 16.4. The second-order valence-electron chi connectivity index (χ2n) is 1.82. The van der Waals surface area contributed by atoms with Crippen LogP contribution in [0, 0.1) is 0 Å². The lowest BCUT2D eigenvalue weighted by atomic mass is 10.3. The van der Waals surface area contributed by atoms with E-state index in [9.17, 15) is 4.79 Å². The molecule has 10 heavy (non-hydrogen) atoms. The molecule has 3 heteroatoms. The molecule has 0 amide bonds. The van der Waals surface area contributed by atoms with Gasteiger partial charge in [-0.2, -0.15) is 0 Å². The first kappa shape index (κ1) is 6.74. The number of carbonyl (C=O) groups is 1. The minimum absolute atomic E-state index is 0.116. The van der Waals surface area contributed by atoms with Gasteiger partial charge in [0.05, 0.1) is 6.54 Å². The van der Waals surface area contributed by atoms with Crippen LogP contribution in [0.15, 0.2) is 29.3 Å². The van der Waals surface area contributed by atoms with E-state index in [2.05, 4.69) is 4.99 Å². The van der Waals surface area contributed by atoms with Crippen molar-refractivity contribution in [1.29, 1.82) is 0 Å². The molecule has 0 saturated heterocycles. The summed E-state index contributed by atoms with van der Waals surface area (Å²) >= 11 is 0. The van der Waals surface area contributed by atoms with Crippen molar-refractivity contribution < 1.29 is 9.90 Å². The zero-order chi connectivity index (χ0) is 7.40. The fraction of sp³-hybridized carbons (Fsp3) is 0.143. The number of aliphatic carboxylic acids is 1. The Hall–Kier alpha value is -1.38. The van der Waals surface area contributed by atoms with Crippen LogP contribution in [-0.4, -0.2) is 23.3 Å². The maximum Gasteiger partial charge on any atom is 0.354 e. The van der Waals surface area contributed by atoms with Crippen molar-refractivity contribution in [2.45, 2.75) is 0 Å². The maximum atomic E-state index is 10.3. The molecule has 0 bridgehead atoms. The van der Waals surface area contributed by atoms with E-state index in [1.807, 2.05) is 0 Å². The molecule has 1 aliphatic heterocycles. The Morgan fingerprint density at radius 3 is 3.10 bits per heavy atom. The molecule has 0 radical (unpaired) electrons. The summed E-state index contributed by atoms with van der Waals surface area (Å²) in [5.74, 6) is -0.972. The summed E-state index contributed by atoms with van der Waals surface area (Å²) in [4.78, 5) is 14.1. The fourth-order valence-electron chi connectivity index (χ4n) is 0.629. The molecule has 0 aromatic carbocycles. The predicted octanol–water partition coefficient (Wildman–Crippen LogP) is 0.638. The Balaban J connectivity index is 2.78. The van der Waals surface area contributed by atoms with Crippen LogP contribution in [-0.2, 0) is 4.79 Å². The van der Waals surface area contributed by atoms with Gasteiger partial charge in [-0.1, -0.05) is 18.2 Å². The SMILES string of the molecule is O=C(O)C1=NCC=CC=C1. The van der Waals surface area contributed by atoms with Crippen molar-refractivity contribution in [2.24, 2.45) is 4.99 Å². The third-order valence-corrected chi connectivity index (χ3v) is 1.09. The standard InChI is InChI=1S/C7H7NO2/c9-7(10)6-4-2-1-3-5-8-6/h1-4H,5H2,(H,9,10). The van der Waals surface area contributed by atoms with Crippen LogP contribution < -0.4 is 0 Å². The average Bonchev–Trinajstić information content (AvgIpc) is 2.12. The number of nitrogens with zero attached hydrogens (tertiary/aromatic N) is 1. The number of carboxylic acids is 1. The highest BCUT2D eigenvalue weighted by Crippen LogP contribution is 1.91. The van der Waals surface area contributed by atoms with Crippen LogP contribution >= 0.6 is 0 Å². The summed E-state index contributed by atoms with van der Waals surface area (Å²) in [5.41, 5.74) is 0.116. The van der Waals surface area contributed by atoms with Gasteiger partial charge in [0.15, 0.2) is 0 Å². The van der Waals surface area contributed by atoms with Crippen LogP contribution in [0.2, 0.25) is 0 Å². The van der Waals surface area contributed by atoms with E-state index in [-0.39, 0.29) is 5.71 Å². The van der Waals surface area contributed by atoms with Gasteiger partial charge >= 0.3 is 5.97 Å². The normalized spacial score (nSPS) is 16.2. The Bertz CT molecular complexity index is 226. The van der Waals surface area contributed by atoms with Crippen LogP contribution in [0.4, 0.5) is 0 Å². The van der Waals surface area contributed by atoms with E-state index < -0.39 is 5.97 Å². The van der Waals surface area contributed by atoms with E-state index >= 15 is 0 Å². The Labute approximate surface area is 58.4 Å². The molecule has 1 N–H and O–H groups in total. The zero-order valence-electron chi connectivity index (χ0n) is 5.32. The molecule has 1 aliphatic rings. The monoisotopic (exact) mass is 137 g/mol. The highest BCUT2D eigenvalue weighted by Gasteiger charge is 2.03. The van der Waals surface area contributed by atoms with Gasteiger partial charge in [0, 0.05) is 0 Å². The molecule has 1 rings (SSSR count). The topological polar surface area (TPSA) is 49.7 Å². The summed E-state index contributed by atoms with van der Waals surface area (Å²) < 4.78 is 0. The minimum atomic E-state index is -0.972. The van der Waals surface area contributed by atoms with Gasteiger partial charge < -0.3 is 5.11 Å². The smallest absolute Gasteiger partial charge is 0.354 e. The molecule has 1 heterocycles. The Kier molecular flexibility index (Phi) is 1.99. The van der Waals surface area contributed by atoms with Gasteiger partial charge in [-0.05, 0) is 6.08 Å². The predicted molar refractivity (Wildman–Crippen MR) is 38.2 cm³/mol. The quantitative estimate of drug-likeness (QED) is 0.576. The average molecular weight is 137 g/mol. The van der Waals surface area contributed by atoms with E-state index in [4.69, 9.17) is 5.11 Å². The largest absolute Gasteiger partial charge is 0.477 e. The van der Waals surface area contributed by atoms with E-state index in [0.29, 0.717) is 6.54 Å². The van der Waals surface area contributed by atoms with E-state index in [1.165, 1.54) is 6.08 Å². The lowest BCUT2D eigenvalue weighted by molar-refractivity contribution is -0.129. The molecule has 0 fully saturated rings. The van der Waals surface area contributed by atoms with Gasteiger partial charge in [-0.3, -0.25) is 4.99 Å². The zero-order valence-corrected chi connectivity index (χ0v) is 5.32. The minimum Gasteiger partial charge on any atom is -0.477 e. The number of carboxylic acid groups (broad SMARTS) is 1. The molecular formula is C7H7NO2. The summed E-state index contributed by atoms with van der Waals surface area (Å²) in [5, 5.41) is 8.45. The first-order chi connectivity index (χ1) is 4.80. The molecular weight excluding hydrogens is 130 g/mol. The Morgan fingerprint density at radius 2 is 2.40 bits per heavy atom. The Morgan fingerprint density at radius 1 is 1.60 bits per heavy atom. The third kappa shape index (κ3) is 1.55. The number of allylic oxidation sites excluding steroid dienone is 2. The maximum absolute atomic E-state index is 10.3. The molecule has 0 aliphatic carbocycles. The van der Waals surface area contributed by atoms with Crippen molar-refractivity contribution in [3.8, 4) is 0 Å². The van der Waals surface area contributed by atoms with Gasteiger partial charge in [0.2, 0.25) is 0 Å². The molecule has 52 valence electrons. The number of hydrogen-bond donors (Lipinski definition) is 1. The first-order valence-electron chi connectivity index (χ1n) is 2.91. The molecule has 0 aromatic rings. The number of aliphatic imine (C=N–C) groups is 1. The summed E-state index contributed by atoms with van der Waals surface area (Å²) in [6.45, 7) is 0.453. The number of rotatable bonds is 1. The molecule has 3 nitrogen and oxygen atoms in total. The van der Waals surface area contributed by atoms with Crippen LogP contribution in [0.5, 0.6) is 0 Å². The van der Waals surface area contributed by atoms with Gasteiger partial charge in [0.1, 0.15) is 5.71 Å². The molecule has 0 saturated carbocycles. The second-order valence-corrected chi connectivity index (χ2v) is 1.82. The summed E-state index contributed by atoms with van der Waals surface area (Å²) in [6.07, 6.45) is 6.72. The lowest BCUT2D eigenvalue weighted by Crippen LogP contribution is -2.09. The highest BCUT2D eigenvalue weighted by molar-refractivity contribution is 6.40. The number of hydrogen-bond acceptors (Lipinski definition) is 2. The van der Waals surface area contributed by atoms with E-state index in [1.54, 1.807) is 18.2 Å². The van der Waals surface area contributed by atoms with Crippen molar-refractivity contribution in [2.75, 3.05) is 6.54 Å². The lowest BCUT2D eigenvalue weighted by Gasteiger charge is -1.88. The molecule has 0 unspecified atom stereocenters. The fourth-order valence-corrected chi connectivity index (χ4v) is 0.629. The molecule has 0 spiro atoms. The molecule has 0 aromatic heterocycles. The summed E-state index contributed by atoms with van der Waals surface area (Å²) in [7, 11) is 0. The van der Waals surface area contributed by atoms with Crippen molar-refractivity contribution >= 4 is 11.7 Å². The summed E-state index contributed by atoms with van der Waals surface area (Å²) in [6, 6.07) is 0. The van der Waals surface area contributed by atoms with Gasteiger partial charge in [-0.25, -0.2) is 4.79 Å². The van der Waals surface area contributed by atoms with Gasteiger partial charge in [0.25, 0.3) is 0 Å². The van der Waals surface area contributed by atoms with Crippen LogP contribution in [0.3, 0.4) is 0 Å². The third-order valence-electron chi connectivity index (χ3n) is 1.09. The van der Waals surface area contributed by atoms with Gasteiger partial charge in [-0.15, -0.1) is 0 Å². The van der Waals surface area contributed by atoms with Crippen molar-refractivity contribution in [1.82, 2.24) is 0 Å². The molecule has 0 atom stereocenters. The van der Waals surface area contributed by atoms with Crippen molar-refractivity contribution in [3.05, 3.63) is 24.3 Å². The van der Waals surface area contributed by atoms with Crippen molar-refractivity contribution in [3.63, 3.8) is 0 Å². The second kappa shape index (κ2) is 2.96.